The van der Waals surface area contributed by atoms with Crippen molar-refractivity contribution in [3.05, 3.63) is 112 Å². The summed E-state index contributed by atoms with van der Waals surface area (Å²) >= 11 is -2.67. The Balaban J connectivity index is 0.00000437. The Morgan fingerprint density at radius 3 is 2.00 bits per heavy atom. The molecule has 7 rings (SSSR count). The van der Waals surface area contributed by atoms with Gasteiger partial charge in [0, 0.05) is 30.5 Å². The zero-order chi connectivity index (χ0) is 54.0. The number of hydrazone groups is 1. The van der Waals surface area contributed by atoms with Crippen LogP contribution in [-0.4, -0.2) is 88.6 Å². The number of nitrogens with one attached hydrogen (secondary N) is 2. The van der Waals surface area contributed by atoms with E-state index in [4.69, 9.17) is 5.11 Å². The molecule has 394 valence electrons. The topological polar surface area (TPSA) is 409 Å². The molecule has 2 unspecified atom stereocenters. The second-order valence-corrected chi connectivity index (χ2v) is 21.2. The van der Waals surface area contributed by atoms with Crippen LogP contribution in [0, 0.1) is 18.8 Å². The number of anilines is 3. The Labute approximate surface area is 518 Å². The Bertz CT molecular complexity index is 3390. The number of aliphatic hydroxyl groups is 1. The number of Topliss-reactive ketones (excluding diaryl/α,β-unsaturated/α-hetero) is 1. The number of azo groups is 2. The normalized spacial score (nSPS) is 16.8. The number of allylic oxidation sites excluding steroid dienone is 1. The van der Waals surface area contributed by atoms with Gasteiger partial charge < -0.3 is 29.9 Å². The third kappa shape index (κ3) is 18.8. The van der Waals surface area contributed by atoms with Gasteiger partial charge >= 0.3 is 94.6 Å². The number of carboxylic acids is 1. The molecular formula is C45H41N10Na3O16S4. The SMILES string of the molecule is Cc1cc(Nc2nc(CCC3CCC(CC(=O)O)CC3)nc(CC(O)C(=O)S(=O)O)n2)ccc1N=Nc1ccc(N=Nc2cc3c(cc2S(=O)(=O)[O-])C=C(SOO[O-])/C(=N/Nc2ccc(S(=O)(=O)[O-])cc2)C3=O)cc1.[Na+].[Na+].[Na+]. The largest absolute Gasteiger partial charge is 1.00 e. The number of nitrogens with zero attached hydrogens (tertiary/aromatic N) is 8. The van der Waals surface area contributed by atoms with E-state index in [2.05, 4.69) is 60.6 Å². The Morgan fingerprint density at radius 2 is 1.42 bits per heavy atom. The monoisotopic (exact) mass is 1170 g/mol. The first-order valence-corrected chi connectivity index (χ1v) is 26.8. The predicted octanol–water partition coefficient (Wildman–Crippen LogP) is -2.68. The number of benzene rings is 4. The maximum Gasteiger partial charge on any atom is 1.00 e. The zero-order valence-electron chi connectivity index (χ0n) is 41.8. The van der Waals surface area contributed by atoms with E-state index >= 15 is 0 Å². The molecule has 0 saturated heterocycles. The molecule has 2 aliphatic rings. The summed E-state index contributed by atoms with van der Waals surface area (Å²) in [6.45, 7) is 1.77. The molecule has 4 aromatic carbocycles. The van der Waals surface area contributed by atoms with Crippen molar-refractivity contribution in [3.63, 3.8) is 0 Å². The van der Waals surface area contributed by atoms with Crippen molar-refractivity contribution in [2.24, 2.45) is 37.4 Å². The molecule has 1 saturated carbocycles. The van der Waals surface area contributed by atoms with E-state index in [1.807, 2.05) is 0 Å². The summed E-state index contributed by atoms with van der Waals surface area (Å²) in [5, 5.41) is 56.0. The predicted molar refractivity (Wildman–Crippen MR) is 263 cm³/mol. The fourth-order valence-corrected chi connectivity index (χ4v) is 9.76. The van der Waals surface area contributed by atoms with Crippen LogP contribution < -0.4 is 105 Å². The van der Waals surface area contributed by atoms with Gasteiger partial charge in [-0.3, -0.25) is 29.4 Å². The van der Waals surface area contributed by atoms with Crippen molar-refractivity contribution in [2.75, 3.05) is 10.7 Å². The minimum atomic E-state index is -5.23. The molecule has 2 aliphatic carbocycles. The van der Waals surface area contributed by atoms with Crippen molar-refractivity contribution < 1.29 is 163 Å². The third-order valence-corrected chi connectivity index (χ3v) is 14.5. The van der Waals surface area contributed by atoms with Crippen LogP contribution >= 0.6 is 12.0 Å². The minimum absolute atomic E-state index is 0. The molecule has 0 radical (unpaired) electrons. The average Bonchev–Trinajstić information content (AvgIpc) is 3.36. The van der Waals surface area contributed by atoms with Gasteiger partial charge in [0.25, 0.3) is 5.12 Å². The van der Waals surface area contributed by atoms with Gasteiger partial charge in [0.15, 0.2) is 0 Å². The fraction of sp³-hybridized carbons (Fsp3) is 0.267. The van der Waals surface area contributed by atoms with E-state index in [0.29, 0.717) is 47.2 Å². The zero-order valence-corrected chi connectivity index (χ0v) is 51.1. The van der Waals surface area contributed by atoms with Crippen LogP contribution in [0.15, 0.2) is 119 Å². The smallest absolute Gasteiger partial charge is 0.744 e. The molecule has 78 heavy (non-hydrogen) atoms. The van der Waals surface area contributed by atoms with Gasteiger partial charge in [-0.2, -0.15) is 34.7 Å². The quantitative estimate of drug-likeness (QED) is 0.00950. The maximum absolute atomic E-state index is 13.8. The van der Waals surface area contributed by atoms with E-state index in [0.717, 1.165) is 49.9 Å². The molecule has 33 heteroatoms. The van der Waals surface area contributed by atoms with Crippen LogP contribution in [-0.2, 0) is 63.1 Å². The van der Waals surface area contributed by atoms with Gasteiger partial charge in [-0.05, 0) is 134 Å². The van der Waals surface area contributed by atoms with Gasteiger partial charge in [-0.1, -0.05) is 12.8 Å². The molecule has 0 spiro atoms. The van der Waals surface area contributed by atoms with Crippen LogP contribution in [0.1, 0.15) is 71.7 Å². The molecule has 5 aromatic rings. The first-order valence-electron chi connectivity index (χ1n) is 22.2. The molecule has 0 bridgehead atoms. The van der Waals surface area contributed by atoms with Crippen LogP contribution in [0.2, 0.25) is 0 Å². The first-order chi connectivity index (χ1) is 35.6. The number of ketones is 1. The number of carboxylic acid groups (broad SMARTS) is 1. The number of carbonyl (C=O) groups excluding carboxylic acids is 2. The van der Waals surface area contributed by atoms with E-state index in [1.165, 1.54) is 42.5 Å². The second kappa shape index (κ2) is 30.2. The number of fused-ring (bicyclic) bond motifs is 1. The van der Waals surface area contributed by atoms with Crippen molar-refractivity contribution in [2.45, 2.75) is 74.2 Å². The summed E-state index contributed by atoms with van der Waals surface area (Å²) in [6, 6.07) is 17.3. The summed E-state index contributed by atoms with van der Waals surface area (Å²) in [5.41, 5.74) is 3.65. The van der Waals surface area contributed by atoms with Crippen LogP contribution in [0.25, 0.3) is 6.08 Å². The van der Waals surface area contributed by atoms with E-state index in [1.54, 1.807) is 25.1 Å². The Kier molecular flexibility index (Phi) is 25.8. The van der Waals surface area contributed by atoms with Crippen LogP contribution in [0.3, 0.4) is 0 Å². The van der Waals surface area contributed by atoms with Gasteiger partial charge in [0.05, 0.1) is 49.5 Å². The molecule has 26 nitrogen and oxygen atoms in total. The van der Waals surface area contributed by atoms with E-state index in [-0.39, 0.29) is 152 Å². The van der Waals surface area contributed by atoms with E-state index in [9.17, 15) is 59.5 Å². The molecule has 5 N–H and O–H groups in total. The van der Waals surface area contributed by atoms with E-state index < -0.39 is 81.9 Å². The van der Waals surface area contributed by atoms with Gasteiger partial charge in [-0.25, -0.2) is 26.0 Å². The molecule has 1 heterocycles. The number of aliphatic carboxylic acids is 1. The molecule has 1 aromatic heterocycles. The number of aliphatic hydroxyl groups excluding tert-OH is 1. The first kappa shape index (κ1) is 66.5. The Hall–Kier alpha value is -3.97. The maximum atomic E-state index is 13.8. The summed E-state index contributed by atoms with van der Waals surface area (Å²) in [4.78, 5) is 48.7. The number of hydrogen-bond acceptors (Lipinski definition) is 25. The number of rotatable bonds is 21. The van der Waals surface area contributed by atoms with Gasteiger partial charge in [-0.15, -0.1) is 5.11 Å². The number of hydrogen-bond donors (Lipinski definition) is 5. The fourth-order valence-electron chi connectivity index (χ4n) is 7.85. The number of carbonyl (C=O) groups is 3. The summed E-state index contributed by atoms with van der Waals surface area (Å²) in [5.74, 6) is -0.764. The molecule has 0 aliphatic heterocycles. The molecule has 2 atom stereocenters. The Morgan fingerprint density at radius 1 is 0.821 bits per heavy atom. The second-order valence-electron chi connectivity index (χ2n) is 16.8. The van der Waals surface area contributed by atoms with Crippen molar-refractivity contribution in [3.8, 4) is 0 Å². The molecule has 0 amide bonds. The summed E-state index contributed by atoms with van der Waals surface area (Å²) < 4.78 is 96.1. The van der Waals surface area contributed by atoms with Crippen molar-refractivity contribution >= 4 is 112 Å². The number of aromatic nitrogens is 3. The van der Waals surface area contributed by atoms with Crippen molar-refractivity contribution in [1.29, 1.82) is 0 Å². The minimum Gasteiger partial charge on any atom is -0.744 e. The number of aryl methyl sites for hydroxylation is 2. The molecule has 1 fully saturated rings. The van der Waals surface area contributed by atoms with Crippen molar-refractivity contribution in [1.82, 2.24) is 15.0 Å². The third-order valence-electron chi connectivity index (χ3n) is 11.6. The average molecular weight is 1180 g/mol. The van der Waals surface area contributed by atoms with Gasteiger partial charge in [0.1, 0.15) is 49.4 Å². The summed E-state index contributed by atoms with van der Waals surface area (Å²) in [7, 11) is -9.99. The van der Waals surface area contributed by atoms with Gasteiger partial charge in [0.2, 0.25) is 22.8 Å². The van der Waals surface area contributed by atoms with Crippen LogP contribution in [0.4, 0.5) is 40.1 Å². The molecular weight excluding hydrogens is 1130 g/mol. The summed E-state index contributed by atoms with van der Waals surface area (Å²) in [6.07, 6.45) is 3.47. The standard InChI is InChI=1S/C45H44N10O16S4.3Na/c1-24-18-31(46-45-48-39(47-40(49-45)23-36(56)44(60)73(62)63)17-6-25-2-4-26(5-3-25)19-41(57)58)13-16-34(24)53-50-28-7-9-29(10-8-28)51-54-35-22-33-27(21-38(35)75(67,68)69)20-37(72-71-70-61)42(43(33)59)55-52-30-11-14-32(15-12-30)74(64,65)66;;;/h7-16,18,20-22,25-26,36,52,56,61H,2-6,17,19,23H2,1H3,(H,57,58)(H,62,63)(H,64,65,66)(H,67,68,69)(H,46,47,48,49);;;/q;3*+1/p-3/b53-50?,54-51?,55-42-;;;. The van der Waals surface area contributed by atoms with Crippen LogP contribution in [0.5, 0.6) is 0 Å².